The van der Waals surface area contributed by atoms with Crippen LogP contribution in [0.2, 0.25) is 0 Å². The highest BCUT2D eigenvalue weighted by atomic mass is 16.5. The Morgan fingerprint density at radius 2 is 1.96 bits per heavy atom. The molecule has 0 saturated heterocycles. The van der Waals surface area contributed by atoms with Crippen LogP contribution in [0.1, 0.15) is 13.8 Å². The fraction of sp³-hybridized carbons (Fsp3) is 0.263. The van der Waals surface area contributed by atoms with Gasteiger partial charge in [0.1, 0.15) is 11.3 Å². The molecule has 0 atom stereocenters. The number of pyridine rings is 1. The lowest BCUT2D eigenvalue weighted by Crippen LogP contribution is -2.23. The van der Waals surface area contributed by atoms with Crippen molar-refractivity contribution in [1.82, 2.24) is 24.5 Å². The maximum Gasteiger partial charge on any atom is 0.263 e. The highest BCUT2D eigenvalue weighted by Gasteiger charge is 2.19. The predicted octanol–water partition coefficient (Wildman–Crippen LogP) is 3.11. The van der Waals surface area contributed by atoms with Gasteiger partial charge < -0.3 is 9.09 Å². The van der Waals surface area contributed by atoms with Gasteiger partial charge in [-0.2, -0.15) is 10.1 Å². The topological polar surface area (TPSA) is 78.7 Å². The van der Waals surface area contributed by atoms with Gasteiger partial charge in [-0.05, 0) is 24.1 Å². The van der Waals surface area contributed by atoms with Crippen molar-refractivity contribution in [2.24, 2.45) is 13.0 Å². The largest absolute Gasteiger partial charge is 0.333 e. The van der Waals surface area contributed by atoms with Crippen molar-refractivity contribution in [3.63, 3.8) is 0 Å². The zero-order chi connectivity index (χ0) is 18.3. The lowest BCUT2D eigenvalue weighted by Gasteiger charge is -2.08. The average Bonchev–Trinajstić information content (AvgIpc) is 3.19. The van der Waals surface area contributed by atoms with Crippen LogP contribution >= 0.6 is 0 Å². The van der Waals surface area contributed by atoms with E-state index in [4.69, 9.17) is 4.52 Å². The number of rotatable bonds is 4. The van der Waals surface area contributed by atoms with Gasteiger partial charge in [0.25, 0.3) is 11.4 Å². The monoisotopic (exact) mass is 349 g/mol. The van der Waals surface area contributed by atoms with Crippen LogP contribution in [0.25, 0.3) is 33.9 Å². The molecule has 0 unspecified atom stereocenters. The van der Waals surface area contributed by atoms with Gasteiger partial charge in [-0.15, -0.1) is 0 Å². The molecule has 0 amide bonds. The van der Waals surface area contributed by atoms with Crippen molar-refractivity contribution < 1.29 is 4.52 Å². The smallest absolute Gasteiger partial charge is 0.263 e. The molecular formula is C19H19N5O2. The molecule has 0 aliphatic rings. The van der Waals surface area contributed by atoms with E-state index in [1.165, 1.54) is 0 Å². The second-order valence-electron chi connectivity index (χ2n) is 6.69. The minimum Gasteiger partial charge on any atom is -0.333 e. The Morgan fingerprint density at radius 3 is 2.77 bits per heavy atom. The second-order valence-corrected chi connectivity index (χ2v) is 6.69. The highest BCUT2D eigenvalue weighted by molar-refractivity contribution is 5.91. The molecule has 1 aromatic carbocycles. The van der Waals surface area contributed by atoms with E-state index >= 15 is 0 Å². The fourth-order valence-corrected chi connectivity index (χ4v) is 3.08. The summed E-state index contributed by atoms with van der Waals surface area (Å²) in [4.78, 5) is 17.2. The molecule has 26 heavy (non-hydrogen) atoms. The minimum atomic E-state index is -0.133. The van der Waals surface area contributed by atoms with E-state index in [9.17, 15) is 4.79 Å². The van der Waals surface area contributed by atoms with Crippen LogP contribution in [-0.4, -0.2) is 24.5 Å². The first-order valence-corrected chi connectivity index (χ1v) is 8.50. The molecule has 0 radical (unpaired) electrons. The van der Waals surface area contributed by atoms with Crippen LogP contribution in [-0.2, 0) is 13.6 Å². The van der Waals surface area contributed by atoms with Crippen molar-refractivity contribution in [2.75, 3.05) is 0 Å². The quantitative estimate of drug-likeness (QED) is 0.566. The maximum atomic E-state index is 12.7. The van der Waals surface area contributed by atoms with E-state index in [1.807, 2.05) is 37.4 Å². The molecule has 0 aliphatic carbocycles. The number of benzene rings is 1. The summed E-state index contributed by atoms with van der Waals surface area (Å²) in [6, 6.07) is 11.3. The number of fused-ring (bicyclic) bond motifs is 1. The van der Waals surface area contributed by atoms with Crippen LogP contribution in [0.15, 0.2) is 51.9 Å². The summed E-state index contributed by atoms with van der Waals surface area (Å²) in [5, 5.41) is 9.49. The third-order valence-electron chi connectivity index (χ3n) is 4.19. The molecular weight excluding hydrogens is 330 g/mol. The Labute approximate surface area is 149 Å². The minimum absolute atomic E-state index is 0.133. The normalized spacial score (nSPS) is 11.5. The SMILES string of the molecule is CC(C)Cn1cccc(-c2nc(-c3c4ccccc4nn3C)no2)c1=O. The summed E-state index contributed by atoms with van der Waals surface area (Å²) in [5.74, 6) is 0.991. The summed E-state index contributed by atoms with van der Waals surface area (Å²) in [7, 11) is 1.84. The Hall–Kier alpha value is -3.22. The lowest BCUT2D eigenvalue weighted by molar-refractivity contribution is 0.430. The summed E-state index contributed by atoms with van der Waals surface area (Å²) in [6.45, 7) is 4.77. The molecule has 3 aromatic heterocycles. The van der Waals surface area contributed by atoms with E-state index in [1.54, 1.807) is 21.5 Å². The number of nitrogens with zero attached hydrogens (tertiary/aromatic N) is 5. The molecule has 7 heteroatoms. The van der Waals surface area contributed by atoms with Crippen molar-refractivity contribution >= 4 is 10.9 Å². The fourth-order valence-electron chi connectivity index (χ4n) is 3.08. The van der Waals surface area contributed by atoms with Gasteiger partial charge in [0.2, 0.25) is 5.82 Å². The summed E-state index contributed by atoms with van der Waals surface area (Å²) in [5.41, 5.74) is 1.88. The van der Waals surface area contributed by atoms with Crippen LogP contribution < -0.4 is 5.56 Å². The van der Waals surface area contributed by atoms with Gasteiger partial charge >= 0.3 is 0 Å². The van der Waals surface area contributed by atoms with Gasteiger partial charge in [0, 0.05) is 25.2 Å². The first-order chi connectivity index (χ1) is 12.5. The van der Waals surface area contributed by atoms with E-state index < -0.39 is 0 Å². The van der Waals surface area contributed by atoms with Crippen molar-refractivity contribution in [3.8, 4) is 23.0 Å². The van der Waals surface area contributed by atoms with E-state index in [0.717, 1.165) is 16.6 Å². The summed E-state index contributed by atoms with van der Waals surface area (Å²) >= 11 is 0. The standard InChI is InChI=1S/C19H19N5O2/c1-12(2)11-24-10-6-8-14(19(24)25)18-20-17(22-26-18)16-13-7-4-5-9-15(13)21-23(16)3/h4-10,12H,11H2,1-3H3. The van der Waals surface area contributed by atoms with Crippen molar-refractivity contribution in [1.29, 1.82) is 0 Å². The molecule has 132 valence electrons. The van der Waals surface area contributed by atoms with Crippen LogP contribution in [0.3, 0.4) is 0 Å². The molecule has 3 heterocycles. The molecule has 4 rings (SSSR count). The van der Waals surface area contributed by atoms with E-state index in [2.05, 4.69) is 29.1 Å². The Morgan fingerprint density at radius 1 is 1.15 bits per heavy atom. The predicted molar refractivity (Wildman–Crippen MR) is 98.5 cm³/mol. The zero-order valence-corrected chi connectivity index (χ0v) is 14.9. The number of hydrogen-bond acceptors (Lipinski definition) is 5. The van der Waals surface area contributed by atoms with Gasteiger partial charge in [0.05, 0.1) is 5.52 Å². The highest BCUT2D eigenvalue weighted by Crippen LogP contribution is 2.27. The summed E-state index contributed by atoms with van der Waals surface area (Å²) < 4.78 is 8.80. The molecule has 0 fully saturated rings. The van der Waals surface area contributed by atoms with E-state index in [0.29, 0.717) is 23.9 Å². The van der Waals surface area contributed by atoms with Gasteiger partial charge in [-0.25, -0.2) is 0 Å². The third kappa shape index (κ3) is 2.71. The number of hydrogen-bond donors (Lipinski definition) is 0. The molecule has 7 nitrogen and oxygen atoms in total. The van der Waals surface area contributed by atoms with E-state index in [-0.39, 0.29) is 11.4 Å². The van der Waals surface area contributed by atoms with Gasteiger partial charge in [0.15, 0.2) is 0 Å². The molecule has 0 N–H and O–H groups in total. The van der Waals surface area contributed by atoms with Crippen LogP contribution in [0.5, 0.6) is 0 Å². The molecule has 0 saturated carbocycles. The van der Waals surface area contributed by atoms with Gasteiger partial charge in [-0.3, -0.25) is 9.48 Å². The van der Waals surface area contributed by atoms with Crippen molar-refractivity contribution in [2.45, 2.75) is 20.4 Å². The first-order valence-electron chi connectivity index (χ1n) is 8.50. The zero-order valence-electron chi connectivity index (χ0n) is 14.9. The maximum absolute atomic E-state index is 12.7. The lowest BCUT2D eigenvalue weighted by atomic mass is 10.2. The molecule has 4 aromatic rings. The van der Waals surface area contributed by atoms with Crippen LogP contribution in [0, 0.1) is 5.92 Å². The first kappa shape index (κ1) is 16.3. The Balaban J connectivity index is 1.80. The second kappa shape index (κ2) is 6.25. The van der Waals surface area contributed by atoms with Gasteiger partial charge in [-0.1, -0.05) is 37.2 Å². The molecule has 0 aliphatic heterocycles. The van der Waals surface area contributed by atoms with Crippen LogP contribution in [0.4, 0.5) is 0 Å². The third-order valence-corrected chi connectivity index (χ3v) is 4.19. The summed E-state index contributed by atoms with van der Waals surface area (Å²) in [6.07, 6.45) is 1.78. The van der Waals surface area contributed by atoms with Crippen molar-refractivity contribution in [3.05, 3.63) is 52.9 Å². The number of aromatic nitrogens is 5. The average molecular weight is 349 g/mol. The molecule has 0 bridgehead atoms. The molecule has 0 spiro atoms. The Bertz CT molecular complexity index is 1140. The number of aryl methyl sites for hydroxylation is 1. The Kier molecular flexibility index (Phi) is 3.91.